The summed E-state index contributed by atoms with van der Waals surface area (Å²) >= 11 is 1.60. The lowest BCUT2D eigenvalue weighted by atomic mass is 10.1. The summed E-state index contributed by atoms with van der Waals surface area (Å²) in [6, 6.07) is 16.9. The van der Waals surface area contributed by atoms with E-state index in [-0.39, 0.29) is 18.3 Å². The molecule has 3 aromatic rings. The van der Waals surface area contributed by atoms with E-state index < -0.39 is 0 Å². The van der Waals surface area contributed by atoms with Gasteiger partial charge in [-0.3, -0.25) is 9.69 Å². The fourth-order valence-corrected chi connectivity index (χ4v) is 5.17. The number of carbonyl (C=O) groups excluding carboxylic acids is 1. The van der Waals surface area contributed by atoms with E-state index in [4.69, 9.17) is 0 Å². The molecule has 1 aromatic heterocycles. The van der Waals surface area contributed by atoms with Crippen LogP contribution in [0.1, 0.15) is 20.8 Å². The first kappa shape index (κ1) is 19.2. The van der Waals surface area contributed by atoms with Crippen molar-refractivity contribution < 1.29 is 4.79 Å². The SMILES string of the molecule is Cl.O=C(c1cc2ccccc2s1)N1CCN(Cc2cccc3c2NCC3)CC1. The van der Waals surface area contributed by atoms with Crippen LogP contribution in [-0.4, -0.2) is 48.4 Å². The summed E-state index contributed by atoms with van der Waals surface area (Å²) in [6.07, 6.45) is 1.13. The molecule has 3 heterocycles. The number of carbonyl (C=O) groups is 1. The van der Waals surface area contributed by atoms with Crippen molar-refractivity contribution in [1.29, 1.82) is 0 Å². The van der Waals surface area contributed by atoms with Crippen molar-refractivity contribution >= 4 is 45.4 Å². The molecule has 1 saturated heterocycles. The monoisotopic (exact) mass is 413 g/mol. The van der Waals surface area contributed by atoms with Gasteiger partial charge < -0.3 is 10.2 Å². The van der Waals surface area contributed by atoms with Crippen molar-refractivity contribution in [3.8, 4) is 0 Å². The fourth-order valence-electron chi connectivity index (χ4n) is 4.14. The second-order valence-electron chi connectivity index (χ2n) is 7.34. The van der Waals surface area contributed by atoms with Crippen molar-refractivity contribution in [3.63, 3.8) is 0 Å². The summed E-state index contributed by atoms with van der Waals surface area (Å²) in [6.45, 7) is 5.47. The topological polar surface area (TPSA) is 35.6 Å². The Morgan fingerprint density at radius 2 is 1.86 bits per heavy atom. The molecule has 0 bridgehead atoms. The van der Waals surface area contributed by atoms with E-state index in [9.17, 15) is 4.79 Å². The molecule has 0 atom stereocenters. The summed E-state index contributed by atoms with van der Waals surface area (Å²) in [7, 11) is 0. The zero-order valence-electron chi connectivity index (χ0n) is 15.7. The molecule has 1 amide bonds. The largest absolute Gasteiger partial charge is 0.384 e. The predicted octanol–water partition coefficient (Wildman–Crippen LogP) is 4.25. The van der Waals surface area contributed by atoms with Gasteiger partial charge in [-0.1, -0.05) is 36.4 Å². The Morgan fingerprint density at radius 1 is 1.04 bits per heavy atom. The summed E-state index contributed by atoms with van der Waals surface area (Å²) in [5.41, 5.74) is 4.15. The van der Waals surface area contributed by atoms with Gasteiger partial charge in [0.1, 0.15) is 0 Å². The molecule has 0 spiro atoms. The third kappa shape index (κ3) is 3.62. The lowest BCUT2D eigenvalue weighted by molar-refractivity contribution is 0.0633. The number of rotatable bonds is 3. The Balaban J connectivity index is 0.00000192. The minimum atomic E-state index is 0. The number of hydrogen-bond acceptors (Lipinski definition) is 4. The van der Waals surface area contributed by atoms with Crippen LogP contribution in [0, 0.1) is 0 Å². The summed E-state index contributed by atoms with van der Waals surface area (Å²) in [5.74, 6) is 0.179. The van der Waals surface area contributed by atoms with E-state index >= 15 is 0 Å². The number of hydrogen-bond donors (Lipinski definition) is 1. The van der Waals surface area contributed by atoms with Crippen LogP contribution >= 0.6 is 23.7 Å². The van der Waals surface area contributed by atoms with E-state index in [0.29, 0.717) is 0 Å². The number of fused-ring (bicyclic) bond motifs is 2. The predicted molar refractivity (Wildman–Crippen MR) is 119 cm³/mol. The molecule has 28 heavy (non-hydrogen) atoms. The van der Waals surface area contributed by atoms with Gasteiger partial charge >= 0.3 is 0 Å². The molecule has 4 nitrogen and oxygen atoms in total. The van der Waals surface area contributed by atoms with E-state index in [1.165, 1.54) is 21.5 Å². The molecule has 2 aromatic carbocycles. The van der Waals surface area contributed by atoms with Gasteiger partial charge in [-0.05, 0) is 35.1 Å². The number of halogens is 1. The summed E-state index contributed by atoms with van der Waals surface area (Å²) < 4.78 is 1.19. The Kier molecular flexibility index (Phi) is 5.58. The lowest BCUT2D eigenvalue weighted by Gasteiger charge is -2.34. The molecule has 2 aliphatic rings. The Labute approximate surface area is 175 Å². The maximum Gasteiger partial charge on any atom is 0.264 e. The van der Waals surface area contributed by atoms with Crippen LogP contribution in [0.4, 0.5) is 5.69 Å². The minimum Gasteiger partial charge on any atom is -0.384 e. The number of amides is 1. The van der Waals surface area contributed by atoms with Gasteiger partial charge in [0, 0.05) is 49.7 Å². The number of benzene rings is 2. The highest BCUT2D eigenvalue weighted by atomic mass is 35.5. The van der Waals surface area contributed by atoms with Crippen molar-refractivity contribution in [2.24, 2.45) is 0 Å². The highest BCUT2D eigenvalue weighted by Gasteiger charge is 2.24. The molecule has 1 fully saturated rings. The molecule has 146 valence electrons. The first-order valence-corrected chi connectivity index (χ1v) is 10.4. The second kappa shape index (κ2) is 8.11. The average Bonchev–Trinajstić information content (AvgIpc) is 3.35. The zero-order valence-corrected chi connectivity index (χ0v) is 17.3. The van der Waals surface area contributed by atoms with Gasteiger partial charge in [-0.2, -0.15) is 0 Å². The minimum absolute atomic E-state index is 0. The smallest absolute Gasteiger partial charge is 0.264 e. The van der Waals surface area contributed by atoms with Crippen molar-refractivity contribution in [1.82, 2.24) is 9.80 Å². The number of nitrogens with zero attached hydrogens (tertiary/aromatic N) is 2. The first-order valence-electron chi connectivity index (χ1n) is 9.63. The van der Waals surface area contributed by atoms with E-state index in [2.05, 4.69) is 40.5 Å². The molecule has 5 rings (SSSR count). The van der Waals surface area contributed by atoms with Crippen molar-refractivity contribution in [2.45, 2.75) is 13.0 Å². The van der Waals surface area contributed by atoms with Crippen LogP contribution in [0.3, 0.4) is 0 Å². The molecule has 0 radical (unpaired) electrons. The average molecular weight is 414 g/mol. The molecule has 1 N–H and O–H groups in total. The second-order valence-corrected chi connectivity index (χ2v) is 8.43. The Morgan fingerprint density at radius 3 is 2.68 bits per heavy atom. The zero-order chi connectivity index (χ0) is 18.2. The fraction of sp³-hybridized carbons (Fsp3) is 0.318. The van der Waals surface area contributed by atoms with E-state index in [1.807, 2.05) is 23.1 Å². The lowest BCUT2D eigenvalue weighted by Crippen LogP contribution is -2.48. The molecule has 0 aliphatic carbocycles. The number of piperazine rings is 1. The molecular weight excluding hydrogens is 390 g/mol. The number of thiophene rings is 1. The first-order chi connectivity index (χ1) is 13.3. The Bertz CT molecular complexity index is 961. The van der Waals surface area contributed by atoms with Crippen LogP contribution in [0.15, 0.2) is 48.5 Å². The highest BCUT2D eigenvalue weighted by Crippen LogP contribution is 2.29. The normalized spacial score (nSPS) is 16.5. The maximum atomic E-state index is 12.9. The van der Waals surface area contributed by atoms with Gasteiger partial charge in [0.15, 0.2) is 0 Å². The number of para-hydroxylation sites is 1. The quantitative estimate of drug-likeness (QED) is 0.697. The van der Waals surface area contributed by atoms with Crippen LogP contribution < -0.4 is 5.32 Å². The van der Waals surface area contributed by atoms with Crippen LogP contribution in [-0.2, 0) is 13.0 Å². The van der Waals surface area contributed by atoms with Crippen LogP contribution in [0.25, 0.3) is 10.1 Å². The molecule has 6 heteroatoms. The molecule has 0 saturated carbocycles. The molecule has 2 aliphatic heterocycles. The van der Waals surface area contributed by atoms with Gasteiger partial charge in [-0.15, -0.1) is 23.7 Å². The van der Waals surface area contributed by atoms with Gasteiger partial charge in [0.05, 0.1) is 4.88 Å². The third-order valence-corrected chi connectivity index (χ3v) is 6.73. The summed E-state index contributed by atoms with van der Waals surface area (Å²) in [5, 5.41) is 4.69. The number of nitrogens with one attached hydrogen (secondary N) is 1. The molecular formula is C22H24ClN3OS. The van der Waals surface area contributed by atoms with Crippen LogP contribution in [0.5, 0.6) is 0 Å². The molecule has 0 unspecified atom stereocenters. The summed E-state index contributed by atoms with van der Waals surface area (Å²) in [4.78, 5) is 18.2. The van der Waals surface area contributed by atoms with Gasteiger partial charge in [0.2, 0.25) is 0 Å². The van der Waals surface area contributed by atoms with Crippen molar-refractivity contribution in [2.75, 3.05) is 38.0 Å². The van der Waals surface area contributed by atoms with Crippen molar-refractivity contribution in [3.05, 3.63) is 64.5 Å². The van der Waals surface area contributed by atoms with Crippen LogP contribution in [0.2, 0.25) is 0 Å². The standard InChI is InChI=1S/C22H23N3OS.ClH/c26-22(20-14-17-4-1-2-7-19(17)27-20)25-12-10-24(11-13-25)15-18-6-3-5-16-8-9-23-21(16)18;/h1-7,14,23H,8-13,15H2;1H. The number of anilines is 1. The maximum absolute atomic E-state index is 12.9. The Hall–Kier alpha value is -2.08. The van der Waals surface area contributed by atoms with E-state index in [1.54, 1.807) is 11.3 Å². The highest BCUT2D eigenvalue weighted by molar-refractivity contribution is 7.20. The van der Waals surface area contributed by atoms with Gasteiger partial charge in [-0.25, -0.2) is 0 Å². The van der Waals surface area contributed by atoms with Gasteiger partial charge in [0.25, 0.3) is 5.91 Å². The van der Waals surface area contributed by atoms with E-state index in [0.717, 1.165) is 56.0 Å². The third-order valence-electron chi connectivity index (χ3n) is 5.62.